The molecular weight excluding hydrogens is 268 g/mol. The van der Waals surface area contributed by atoms with Crippen LogP contribution in [-0.4, -0.2) is 21.8 Å². The molecule has 0 bridgehead atoms. The van der Waals surface area contributed by atoms with Crippen molar-refractivity contribution in [2.75, 3.05) is 5.32 Å². The lowest BCUT2D eigenvalue weighted by atomic mass is 10.1. The zero-order chi connectivity index (χ0) is 15.5. The first-order valence-corrected chi connectivity index (χ1v) is 6.59. The van der Waals surface area contributed by atoms with Crippen molar-refractivity contribution in [1.29, 1.82) is 0 Å². The zero-order valence-corrected chi connectivity index (χ0v) is 12.2. The topological polar surface area (TPSA) is 86.9 Å². The average molecular weight is 286 g/mol. The number of carbonyl (C=O) groups is 1. The van der Waals surface area contributed by atoms with Gasteiger partial charge in [0.25, 0.3) is 5.56 Å². The standard InChI is InChI=1S/C15H18N4O2/c1-15(2,3)17-14(21)16-11-6-4-10(5-7-11)12-8-9-13(20)19-18-12/h4-9H,1-3H3,(H,19,20)(H2,16,17,21). The molecule has 2 aromatic rings. The SMILES string of the molecule is CC(C)(C)NC(=O)Nc1ccc(-c2ccc(=O)[nH]n2)cc1. The maximum Gasteiger partial charge on any atom is 0.319 e. The quantitative estimate of drug-likeness (QED) is 0.792. The van der Waals surface area contributed by atoms with Crippen LogP contribution in [0.3, 0.4) is 0 Å². The van der Waals surface area contributed by atoms with E-state index < -0.39 is 0 Å². The second-order valence-corrected chi connectivity index (χ2v) is 5.71. The summed E-state index contributed by atoms with van der Waals surface area (Å²) >= 11 is 0. The van der Waals surface area contributed by atoms with E-state index in [4.69, 9.17) is 0 Å². The number of nitrogens with zero attached hydrogens (tertiary/aromatic N) is 1. The van der Waals surface area contributed by atoms with E-state index in [2.05, 4.69) is 20.8 Å². The molecule has 6 heteroatoms. The summed E-state index contributed by atoms with van der Waals surface area (Å²) in [5, 5.41) is 11.9. The van der Waals surface area contributed by atoms with E-state index in [0.717, 1.165) is 5.56 Å². The summed E-state index contributed by atoms with van der Waals surface area (Å²) in [6, 6.07) is 10.0. The van der Waals surface area contributed by atoms with Crippen LogP contribution in [0.1, 0.15) is 20.8 Å². The van der Waals surface area contributed by atoms with Crippen molar-refractivity contribution < 1.29 is 4.79 Å². The third-order valence-electron chi connectivity index (χ3n) is 2.61. The van der Waals surface area contributed by atoms with Gasteiger partial charge in [-0.05, 0) is 39.0 Å². The number of H-pyrrole nitrogens is 1. The van der Waals surface area contributed by atoms with Gasteiger partial charge in [-0.15, -0.1) is 0 Å². The second kappa shape index (κ2) is 5.78. The first-order valence-electron chi connectivity index (χ1n) is 6.59. The fraction of sp³-hybridized carbons (Fsp3) is 0.267. The Morgan fingerprint density at radius 3 is 2.29 bits per heavy atom. The average Bonchev–Trinajstić information content (AvgIpc) is 2.38. The number of aromatic amines is 1. The van der Waals surface area contributed by atoms with E-state index in [1.54, 1.807) is 18.2 Å². The van der Waals surface area contributed by atoms with Crippen molar-refractivity contribution in [3.05, 3.63) is 46.8 Å². The Labute approximate surface area is 122 Å². The van der Waals surface area contributed by atoms with Gasteiger partial charge in [0.05, 0.1) is 5.69 Å². The maximum absolute atomic E-state index is 11.7. The van der Waals surface area contributed by atoms with Gasteiger partial charge in [-0.3, -0.25) is 4.79 Å². The monoisotopic (exact) mass is 286 g/mol. The number of rotatable bonds is 2. The van der Waals surface area contributed by atoms with Gasteiger partial charge < -0.3 is 10.6 Å². The molecule has 0 aliphatic carbocycles. The normalized spacial score (nSPS) is 11.0. The van der Waals surface area contributed by atoms with Gasteiger partial charge in [-0.25, -0.2) is 9.89 Å². The van der Waals surface area contributed by atoms with E-state index in [9.17, 15) is 9.59 Å². The van der Waals surface area contributed by atoms with Crippen LogP contribution in [0.25, 0.3) is 11.3 Å². The summed E-state index contributed by atoms with van der Waals surface area (Å²) in [5.74, 6) is 0. The minimum atomic E-state index is -0.288. The predicted molar refractivity (Wildman–Crippen MR) is 82.2 cm³/mol. The van der Waals surface area contributed by atoms with Crippen molar-refractivity contribution in [2.24, 2.45) is 0 Å². The molecule has 2 amide bonds. The smallest absolute Gasteiger partial charge is 0.319 e. The lowest BCUT2D eigenvalue weighted by Crippen LogP contribution is -2.43. The highest BCUT2D eigenvalue weighted by molar-refractivity contribution is 5.89. The molecule has 0 aliphatic rings. The molecule has 110 valence electrons. The third kappa shape index (κ3) is 4.45. The summed E-state index contributed by atoms with van der Waals surface area (Å²) in [5.41, 5.74) is 1.68. The first kappa shape index (κ1) is 14.8. The number of hydrogen-bond donors (Lipinski definition) is 3. The van der Waals surface area contributed by atoms with Crippen molar-refractivity contribution >= 4 is 11.7 Å². The summed E-state index contributed by atoms with van der Waals surface area (Å²) in [7, 11) is 0. The molecule has 0 fully saturated rings. The molecule has 0 radical (unpaired) electrons. The maximum atomic E-state index is 11.7. The molecule has 1 aromatic heterocycles. The number of urea groups is 1. The summed E-state index contributed by atoms with van der Waals surface area (Å²) in [6.45, 7) is 5.74. The Kier molecular flexibility index (Phi) is 4.07. The highest BCUT2D eigenvalue weighted by Gasteiger charge is 2.13. The predicted octanol–water partition coefficient (Wildman–Crippen LogP) is 2.36. The van der Waals surface area contributed by atoms with Gasteiger partial charge in [0.15, 0.2) is 0 Å². The van der Waals surface area contributed by atoms with Crippen molar-refractivity contribution in [3.8, 4) is 11.3 Å². The lowest BCUT2D eigenvalue weighted by molar-refractivity contribution is 0.244. The molecule has 1 heterocycles. The van der Waals surface area contributed by atoms with Crippen LogP contribution < -0.4 is 16.2 Å². The van der Waals surface area contributed by atoms with Crippen LogP contribution in [0.2, 0.25) is 0 Å². The molecular formula is C15H18N4O2. The molecule has 6 nitrogen and oxygen atoms in total. The largest absolute Gasteiger partial charge is 0.333 e. The Balaban J connectivity index is 2.07. The fourth-order valence-corrected chi connectivity index (χ4v) is 1.73. The molecule has 0 aliphatic heterocycles. The summed E-state index contributed by atoms with van der Waals surface area (Å²) in [6.07, 6.45) is 0. The van der Waals surface area contributed by atoms with E-state index >= 15 is 0 Å². The number of anilines is 1. The zero-order valence-electron chi connectivity index (χ0n) is 12.2. The number of hydrogen-bond acceptors (Lipinski definition) is 3. The molecule has 1 aromatic carbocycles. The second-order valence-electron chi connectivity index (χ2n) is 5.71. The van der Waals surface area contributed by atoms with Crippen molar-refractivity contribution in [3.63, 3.8) is 0 Å². The molecule has 2 rings (SSSR count). The molecule has 0 atom stereocenters. The Bertz CT molecular complexity index is 664. The van der Waals surface area contributed by atoms with E-state index in [-0.39, 0.29) is 17.1 Å². The van der Waals surface area contributed by atoms with Gasteiger partial charge in [0.1, 0.15) is 0 Å². The van der Waals surface area contributed by atoms with Gasteiger partial charge >= 0.3 is 6.03 Å². The van der Waals surface area contributed by atoms with Gasteiger partial charge in [0, 0.05) is 22.9 Å². The minimum Gasteiger partial charge on any atom is -0.333 e. The van der Waals surface area contributed by atoms with Crippen LogP contribution in [0, 0.1) is 0 Å². The molecule has 0 unspecified atom stereocenters. The fourth-order valence-electron chi connectivity index (χ4n) is 1.73. The minimum absolute atomic E-state index is 0.240. The highest BCUT2D eigenvalue weighted by atomic mass is 16.2. The molecule has 0 saturated carbocycles. The lowest BCUT2D eigenvalue weighted by Gasteiger charge is -2.20. The summed E-state index contributed by atoms with van der Waals surface area (Å²) < 4.78 is 0. The van der Waals surface area contributed by atoms with Crippen LogP contribution in [0.4, 0.5) is 10.5 Å². The molecule has 3 N–H and O–H groups in total. The van der Waals surface area contributed by atoms with E-state index in [1.165, 1.54) is 6.07 Å². The van der Waals surface area contributed by atoms with Crippen molar-refractivity contribution in [2.45, 2.75) is 26.3 Å². The van der Waals surface area contributed by atoms with E-state index in [1.807, 2.05) is 32.9 Å². The van der Waals surface area contributed by atoms with Crippen molar-refractivity contribution in [1.82, 2.24) is 15.5 Å². The number of amides is 2. The molecule has 0 spiro atoms. The van der Waals surface area contributed by atoms with E-state index in [0.29, 0.717) is 11.4 Å². The Morgan fingerprint density at radius 1 is 1.10 bits per heavy atom. The third-order valence-corrected chi connectivity index (χ3v) is 2.61. The Hall–Kier alpha value is -2.63. The number of aromatic nitrogens is 2. The van der Waals surface area contributed by atoms with Crippen LogP contribution in [0.15, 0.2) is 41.2 Å². The summed E-state index contributed by atoms with van der Waals surface area (Å²) in [4.78, 5) is 22.7. The number of benzene rings is 1. The number of carbonyl (C=O) groups excluding carboxylic acids is 1. The van der Waals surface area contributed by atoms with Gasteiger partial charge in [-0.1, -0.05) is 12.1 Å². The van der Waals surface area contributed by atoms with Crippen LogP contribution in [0.5, 0.6) is 0 Å². The van der Waals surface area contributed by atoms with Crippen LogP contribution in [-0.2, 0) is 0 Å². The van der Waals surface area contributed by atoms with Crippen LogP contribution >= 0.6 is 0 Å². The van der Waals surface area contributed by atoms with Gasteiger partial charge in [0.2, 0.25) is 0 Å². The molecule has 0 saturated heterocycles. The molecule has 21 heavy (non-hydrogen) atoms. The first-order chi connectivity index (χ1) is 9.83. The Morgan fingerprint density at radius 2 is 1.76 bits per heavy atom. The van der Waals surface area contributed by atoms with Gasteiger partial charge in [-0.2, -0.15) is 5.10 Å². The number of nitrogens with one attached hydrogen (secondary N) is 3. The highest BCUT2D eigenvalue weighted by Crippen LogP contribution is 2.18.